The molecular formula is C23H19ClN4OS. The summed E-state index contributed by atoms with van der Waals surface area (Å²) >= 11 is 7.50. The maximum atomic E-state index is 12.7. The summed E-state index contributed by atoms with van der Waals surface area (Å²) in [7, 11) is 0. The first-order valence-corrected chi connectivity index (χ1v) is 10.6. The number of halogens is 1. The number of rotatable bonds is 6. The highest BCUT2D eigenvalue weighted by atomic mass is 35.5. The van der Waals surface area contributed by atoms with Gasteiger partial charge in [0.2, 0.25) is 5.28 Å². The summed E-state index contributed by atoms with van der Waals surface area (Å²) in [4.78, 5) is 17.9. The highest BCUT2D eigenvalue weighted by molar-refractivity contribution is 7.99. The van der Waals surface area contributed by atoms with Crippen molar-refractivity contribution in [2.75, 3.05) is 5.32 Å². The first-order chi connectivity index (χ1) is 14.6. The molecule has 0 bridgehead atoms. The molecule has 0 aliphatic carbocycles. The van der Waals surface area contributed by atoms with Gasteiger partial charge in [-0.15, -0.1) is 5.10 Å². The number of para-hydroxylation sites is 1. The average molecular weight is 435 g/mol. The minimum atomic E-state index is -0.157. The van der Waals surface area contributed by atoms with E-state index in [1.807, 2.05) is 79.7 Å². The molecular weight excluding hydrogens is 416 g/mol. The number of benzene rings is 3. The van der Waals surface area contributed by atoms with E-state index in [0.29, 0.717) is 23.0 Å². The molecule has 1 amide bonds. The van der Waals surface area contributed by atoms with Gasteiger partial charge in [-0.1, -0.05) is 60.2 Å². The fourth-order valence-corrected chi connectivity index (χ4v) is 4.11. The highest BCUT2D eigenvalue weighted by Crippen LogP contribution is 2.33. The van der Waals surface area contributed by atoms with E-state index in [1.54, 1.807) is 10.7 Å². The number of nitrogens with one attached hydrogen (secondary N) is 1. The second-order valence-electron chi connectivity index (χ2n) is 6.73. The molecule has 1 aromatic heterocycles. The van der Waals surface area contributed by atoms with Crippen LogP contribution in [-0.4, -0.2) is 20.7 Å². The lowest BCUT2D eigenvalue weighted by atomic mass is 10.1. The largest absolute Gasteiger partial charge is 0.321 e. The molecule has 1 heterocycles. The van der Waals surface area contributed by atoms with Crippen molar-refractivity contribution in [2.24, 2.45) is 0 Å². The zero-order valence-electron chi connectivity index (χ0n) is 16.2. The fraction of sp³-hybridized carbons (Fsp3) is 0.0870. The van der Waals surface area contributed by atoms with Crippen molar-refractivity contribution in [3.05, 3.63) is 101 Å². The monoisotopic (exact) mass is 434 g/mol. The Labute approximate surface area is 184 Å². The van der Waals surface area contributed by atoms with Gasteiger partial charge in [0.25, 0.3) is 5.91 Å². The van der Waals surface area contributed by atoms with E-state index in [1.165, 1.54) is 11.8 Å². The summed E-state index contributed by atoms with van der Waals surface area (Å²) in [6.07, 6.45) is 0. The molecule has 1 N–H and O–H groups in total. The van der Waals surface area contributed by atoms with Crippen molar-refractivity contribution < 1.29 is 4.79 Å². The molecule has 0 fully saturated rings. The molecule has 4 aromatic rings. The maximum absolute atomic E-state index is 12.7. The van der Waals surface area contributed by atoms with Crippen molar-refractivity contribution >= 4 is 35.0 Å². The van der Waals surface area contributed by atoms with E-state index in [-0.39, 0.29) is 11.2 Å². The lowest BCUT2D eigenvalue weighted by Gasteiger charge is -2.11. The van der Waals surface area contributed by atoms with Crippen molar-refractivity contribution in [1.29, 1.82) is 0 Å². The molecule has 0 spiro atoms. The van der Waals surface area contributed by atoms with Crippen LogP contribution in [0.15, 0.2) is 88.9 Å². The number of aryl methyl sites for hydroxylation is 1. The summed E-state index contributed by atoms with van der Waals surface area (Å²) < 4.78 is 1.77. The van der Waals surface area contributed by atoms with Crippen molar-refractivity contribution in [3.8, 4) is 0 Å². The molecule has 0 radical (unpaired) electrons. The predicted molar refractivity (Wildman–Crippen MR) is 120 cm³/mol. The Balaban J connectivity index is 1.57. The number of carbonyl (C=O) groups excluding carboxylic acids is 1. The molecule has 0 atom stereocenters. The molecule has 0 aliphatic rings. The number of hydrogen-bond acceptors (Lipinski definition) is 4. The quantitative estimate of drug-likeness (QED) is 0.423. The average Bonchev–Trinajstić information content (AvgIpc) is 3.08. The zero-order chi connectivity index (χ0) is 20.9. The minimum absolute atomic E-state index is 0.157. The van der Waals surface area contributed by atoms with E-state index in [0.717, 1.165) is 16.0 Å². The molecule has 30 heavy (non-hydrogen) atoms. The van der Waals surface area contributed by atoms with Crippen LogP contribution in [0, 0.1) is 6.92 Å². The van der Waals surface area contributed by atoms with Crippen LogP contribution in [0.5, 0.6) is 0 Å². The molecule has 0 aliphatic heterocycles. The van der Waals surface area contributed by atoms with E-state index < -0.39 is 0 Å². The fourth-order valence-electron chi connectivity index (χ4n) is 2.97. The van der Waals surface area contributed by atoms with Gasteiger partial charge < -0.3 is 5.32 Å². The van der Waals surface area contributed by atoms with E-state index in [4.69, 9.17) is 11.6 Å². The third-order valence-corrected chi connectivity index (χ3v) is 5.62. The Morgan fingerprint density at radius 1 is 1.03 bits per heavy atom. The Morgan fingerprint density at radius 2 is 1.80 bits per heavy atom. The molecule has 0 saturated heterocycles. The summed E-state index contributed by atoms with van der Waals surface area (Å²) in [5.74, 6) is -0.157. The van der Waals surface area contributed by atoms with Crippen molar-refractivity contribution in [3.63, 3.8) is 0 Å². The molecule has 150 valence electrons. The van der Waals surface area contributed by atoms with Gasteiger partial charge in [0.15, 0.2) is 5.16 Å². The van der Waals surface area contributed by atoms with Gasteiger partial charge in [-0.2, -0.15) is 4.98 Å². The van der Waals surface area contributed by atoms with Crippen LogP contribution < -0.4 is 5.32 Å². The molecule has 5 nitrogen and oxygen atoms in total. The van der Waals surface area contributed by atoms with Gasteiger partial charge >= 0.3 is 0 Å². The number of nitrogens with zero attached hydrogens (tertiary/aromatic N) is 3. The van der Waals surface area contributed by atoms with Crippen LogP contribution in [0.2, 0.25) is 5.28 Å². The Hall–Kier alpha value is -3.09. The van der Waals surface area contributed by atoms with Crippen molar-refractivity contribution in [1.82, 2.24) is 14.8 Å². The van der Waals surface area contributed by atoms with Crippen molar-refractivity contribution in [2.45, 2.75) is 23.5 Å². The third-order valence-electron chi connectivity index (χ3n) is 4.40. The number of anilines is 1. The van der Waals surface area contributed by atoms with E-state index in [9.17, 15) is 4.79 Å². The number of aromatic nitrogens is 3. The smallest absolute Gasteiger partial charge is 0.255 e. The highest BCUT2D eigenvalue weighted by Gasteiger charge is 2.15. The SMILES string of the molecule is Cc1cccc(C(=O)Nc2ccccc2Sc2nc(Cl)nn2Cc2ccccc2)c1. The Morgan fingerprint density at radius 3 is 2.60 bits per heavy atom. The molecule has 3 aromatic carbocycles. The Kier molecular flexibility index (Phi) is 6.16. The van der Waals surface area contributed by atoms with Crippen LogP contribution >= 0.6 is 23.4 Å². The third kappa shape index (κ3) is 4.90. The minimum Gasteiger partial charge on any atom is -0.321 e. The standard InChI is InChI=1S/C23H19ClN4OS/c1-16-8-7-11-18(14-16)21(29)25-19-12-5-6-13-20(19)30-23-26-22(24)27-28(23)15-17-9-3-2-4-10-17/h2-14H,15H2,1H3,(H,25,29). The molecule has 0 saturated carbocycles. The van der Waals surface area contributed by atoms with Crippen LogP contribution in [0.1, 0.15) is 21.5 Å². The Bertz CT molecular complexity index is 1180. The van der Waals surface area contributed by atoms with Gasteiger partial charge in [-0.05, 0) is 60.1 Å². The van der Waals surface area contributed by atoms with Gasteiger partial charge in [0.1, 0.15) is 0 Å². The number of amides is 1. The van der Waals surface area contributed by atoms with Gasteiger partial charge in [0.05, 0.1) is 12.2 Å². The van der Waals surface area contributed by atoms with Crippen LogP contribution in [0.25, 0.3) is 0 Å². The summed E-state index contributed by atoms with van der Waals surface area (Å²) in [6, 6.07) is 25.1. The van der Waals surface area contributed by atoms with Gasteiger partial charge in [-0.3, -0.25) is 4.79 Å². The predicted octanol–water partition coefficient (Wildman–Crippen LogP) is 5.69. The van der Waals surface area contributed by atoms with E-state index in [2.05, 4.69) is 15.4 Å². The second-order valence-corrected chi connectivity index (χ2v) is 8.08. The number of hydrogen-bond donors (Lipinski definition) is 1. The number of carbonyl (C=O) groups is 1. The van der Waals surface area contributed by atoms with Gasteiger partial charge in [-0.25, -0.2) is 4.68 Å². The lowest BCUT2D eigenvalue weighted by Crippen LogP contribution is -2.12. The summed E-state index contributed by atoms with van der Waals surface area (Å²) in [6.45, 7) is 2.52. The first kappa shape index (κ1) is 20.2. The van der Waals surface area contributed by atoms with Gasteiger partial charge in [0, 0.05) is 10.5 Å². The second kappa shape index (κ2) is 9.15. The topological polar surface area (TPSA) is 59.8 Å². The zero-order valence-corrected chi connectivity index (χ0v) is 17.8. The first-order valence-electron chi connectivity index (χ1n) is 9.37. The summed E-state index contributed by atoms with van der Waals surface area (Å²) in [5.41, 5.74) is 3.46. The van der Waals surface area contributed by atoms with Crippen LogP contribution in [0.4, 0.5) is 5.69 Å². The molecule has 4 rings (SSSR count). The summed E-state index contributed by atoms with van der Waals surface area (Å²) in [5, 5.41) is 8.16. The molecule has 7 heteroatoms. The molecule has 0 unspecified atom stereocenters. The normalized spacial score (nSPS) is 10.7. The maximum Gasteiger partial charge on any atom is 0.255 e. The van der Waals surface area contributed by atoms with E-state index >= 15 is 0 Å². The van der Waals surface area contributed by atoms with Crippen LogP contribution in [0.3, 0.4) is 0 Å². The van der Waals surface area contributed by atoms with Crippen LogP contribution in [-0.2, 0) is 6.54 Å². The lowest BCUT2D eigenvalue weighted by molar-refractivity contribution is 0.102.